The number of benzene rings is 1. The van der Waals surface area contributed by atoms with Crippen molar-refractivity contribution in [2.45, 2.75) is 26.6 Å². The molecular formula is C11H12ClNO. The maximum Gasteiger partial charge on any atom is 0.0992 e. The van der Waals surface area contributed by atoms with Gasteiger partial charge in [0.05, 0.1) is 24.3 Å². The summed E-state index contributed by atoms with van der Waals surface area (Å²) in [5.41, 5.74) is 1.50. The second-order valence-electron chi connectivity index (χ2n) is 3.32. The van der Waals surface area contributed by atoms with Gasteiger partial charge >= 0.3 is 0 Å². The van der Waals surface area contributed by atoms with E-state index in [0.29, 0.717) is 17.2 Å². The molecule has 0 amide bonds. The van der Waals surface area contributed by atoms with Crippen LogP contribution < -0.4 is 0 Å². The molecule has 0 saturated carbocycles. The standard InChI is InChI=1S/C11H12ClNO/c1-8(2)14-7-10-3-9(6-13)4-11(12)5-10/h3-5,8H,7H2,1-2H3. The maximum atomic E-state index is 8.71. The summed E-state index contributed by atoms with van der Waals surface area (Å²) in [4.78, 5) is 0. The summed E-state index contributed by atoms with van der Waals surface area (Å²) in [6.45, 7) is 4.43. The monoisotopic (exact) mass is 209 g/mol. The van der Waals surface area contributed by atoms with Crippen molar-refractivity contribution in [2.75, 3.05) is 0 Å². The zero-order valence-corrected chi connectivity index (χ0v) is 9.01. The van der Waals surface area contributed by atoms with Gasteiger partial charge in [-0.1, -0.05) is 11.6 Å². The third kappa shape index (κ3) is 3.37. The smallest absolute Gasteiger partial charge is 0.0992 e. The molecule has 0 heterocycles. The molecule has 1 aromatic rings. The fraction of sp³-hybridized carbons (Fsp3) is 0.364. The molecule has 1 aromatic carbocycles. The Kier molecular flexibility index (Phi) is 3.94. The highest BCUT2D eigenvalue weighted by Crippen LogP contribution is 2.15. The first-order valence-corrected chi connectivity index (χ1v) is 4.81. The van der Waals surface area contributed by atoms with Crippen molar-refractivity contribution in [2.24, 2.45) is 0 Å². The van der Waals surface area contributed by atoms with Gasteiger partial charge in [-0.15, -0.1) is 0 Å². The minimum atomic E-state index is 0.180. The van der Waals surface area contributed by atoms with Crippen LogP contribution in [0.25, 0.3) is 0 Å². The van der Waals surface area contributed by atoms with Crippen LogP contribution in [0.2, 0.25) is 5.02 Å². The van der Waals surface area contributed by atoms with E-state index in [1.165, 1.54) is 0 Å². The van der Waals surface area contributed by atoms with Crippen molar-refractivity contribution >= 4 is 11.6 Å². The third-order valence-corrected chi connectivity index (χ3v) is 1.89. The van der Waals surface area contributed by atoms with Gasteiger partial charge in [0.25, 0.3) is 0 Å². The molecule has 0 N–H and O–H groups in total. The largest absolute Gasteiger partial charge is 0.374 e. The van der Waals surface area contributed by atoms with Crippen LogP contribution in [0.15, 0.2) is 18.2 Å². The Balaban J connectivity index is 2.78. The number of nitrogens with zero attached hydrogens (tertiary/aromatic N) is 1. The van der Waals surface area contributed by atoms with Gasteiger partial charge in [0.15, 0.2) is 0 Å². The van der Waals surface area contributed by atoms with Gasteiger partial charge in [-0.2, -0.15) is 5.26 Å². The molecule has 2 nitrogen and oxygen atoms in total. The van der Waals surface area contributed by atoms with Crippen LogP contribution in [0.3, 0.4) is 0 Å². The topological polar surface area (TPSA) is 33.0 Å². The normalized spacial score (nSPS) is 10.2. The number of hydrogen-bond donors (Lipinski definition) is 0. The molecular weight excluding hydrogens is 198 g/mol. The Bertz CT molecular complexity index is 355. The van der Waals surface area contributed by atoms with Crippen molar-refractivity contribution in [3.05, 3.63) is 34.3 Å². The molecule has 1 rings (SSSR count). The average Bonchev–Trinajstić information content (AvgIpc) is 2.14. The van der Waals surface area contributed by atoms with Gasteiger partial charge in [-0.3, -0.25) is 0 Å². The molecule has 0 unspecified atom stereocenters. The average molecular weight is 210 g/mol. The Morgan fingerprint density at radius 1 is 1.43 bits per heavy atom. The van der Waals surface area contributed by atoms with E-state index >= 15 is 0 Å². The van der Waals surface area contributed by atoms with Crippen molar-refractivity contribution in [1.29, 1.82) is 5.26 Å². The first-order valence-electron chi connectivity index (χ1n) is 4.43. The van der Waals surface area contributed by atoms with E-state index in [1.807, 2.05) is 19.9 Å². The third-order valence-electron chi connectivity index (χ3n) is 1.67. The second-order valence-corrected chi connectivity index (χ2v) is 3.76. The van der Waals surface area contributed by atoms with Gasteiger partial charge in [0, 0.05) is 5.02 Å². The predicted molar refractivity (Wildman–Crippen MR) is 56.1 cm³/mol. The van der Waals surface area contributed by atoms with Gasteiger partial charge in [-0.25, -0.2) is 0 Å². The molecule has 0 aromatic heterocycles. The summed E-state index contributed by atoms with van der Waals surface area (Å²) >= 11 is 5.84. The Hall–Kier alpha value is -1.04. The SMILES string of the molecule is CC(C)OCc1cc(Cl)cc(C#N)c1. The molecule has 0 saturated heterocycles. The summed E-state index contributed by atoms with van der Waals surface area (Å²) in [5, 5.41) is 9.29. The van der Waals surface area contributed by atoms with E-state index in [1.54, 1.807) is 12.1 Å². The number of hydrogen-bond acceptors (Lipinski definition) is 2. The van der Waals surface area contributed by atoms with Crippen LogP contribution in [0.4, 0.5) is 0 Å². The Morgan fingerprint density at radius 2 is 2.14 bits per heavy atom. The van der Waals surface area contributed by atoms with Gasteiger partial charge in [0.1, 0.15) is 0 Å². The van der Waals surface area contributed by atoms with Gasteiger partial charge < -0.3 is 4.74 Å². The number of ether oxygens (including phenoxy) is 1. The highest BCUT2D eigenvalue weighted by atomic mass is 35.5. The predicted octanol–water partition coefficient (Wildman–Crippen LogP) is 3.14. The second kappa shape index (κ2) is 4.99. The van der Waals surface area contributed by atoms with Gasteiger partial charge in [0.2, 0.25) is 0 Å². The van der Waals surface area contributed by atoms with Crippen molar-refractivity contribution in [3.63, 3.8) is 0 Å². The summed E-state index contributed by atoms with van der Waals surface area (Å²) in [6.07, 6.45) is 0.180. The minimum absolute atomic E-state index is 0.180. The van der Waals surface area contributed by atoms with E-state index in [-0.39, 0.29) is 6.10 Å². The van der Waals surface area contributed by atoms with Crippen molar-refractivity contribution in [3.8, 4) is 6.07 Å². The van der Waals surface area contributed by atoms with Crippen LogP contribution >= 0.6 is 11.6 Å². The summed E-state index contributed by atoms with van der Waals surface area (Å²) in [6, 6.07) is 7.29. The fourth-order valence-corrected chi connectivity index (χ4v) is 1.32. The molecule has 0 fully saturated rings. The van der Waals surface area contributed by atoms with Crippen molar-refractivity contribution < 1.29 is 4.74 Å². The highest BCUT2D eigenvalue weighted by Gasteiger charge is 2.00. The van der Waals surface area contributed by atoms with Crippen LogP contribution in [0.5, 0.6) is 0 Å². The Labute approximate surface area is 89.1 Å². The molecule has 0 radical (unpaired) electrons. The molecule has 0 aliphatic heterocycles. The Morgan fingerprint density at radius 3 is 2.71 bits per heavy atom. The minimum Gasteiger partial charge on any atom is -0.374 e. The van der Waals surface area contributed by atoms with E-state index < -0.39 is 0 Å². The lowest BCUT2D eigenvalue weighted by molar-refractivity contribution is 0.0657. The summed E-state index contributed by atoms with van der Waals surface area (Å²) in [7, 11) is 0. The first kappa shape index (κ1) is 11.0. The lowest BCUT2D eigenvalue weighted by atomic mass is 10.1. The van der Waals surface area contributed by atoms with E-state index in [9.17, 15) is 0 Å². The molecule has 74 valence electrons. The maximum absolute atomic E-state index is 8.71. The summed E-state index contributed by atoms with van der Waals surface area (Å²) < 4.78 is 5.41. The number of rotatable bonds is 3. The molecule has 0 bridgehead atoms. The van der Waals surface area contributed by atoms with Crippen LogP contribution in [-0.2, 0) is 11.3 Å². The van der Waals surface area contributed by atoms with Gasteiger partial charge in [-0.05, 0) is 37.6 Å². The van der Waals surface area contributed by atoms with E-state index in [4.69, 9.17) is 21.6 Å². The molecule has 0 atom stereocenters. The molecule has 0 aliphatic carbocycles. The zero-order valence-electron chi connectivity index (χ0n) is 8.25. The quantitative estimate of drug-likeness (QED) is 0.766. The van der Waals surface area contributed by atoms with E-state index in [2.05, 4.69) is 6.07 Å². The molecule has 0 aliphatic rings. The molecule has 3 heteroatoms. The fourth-order valence-electron chi connectivity index (χ4n) is 1.06. The summed E-state index contributed by atoms with van der Waals surface area (Å²) in [5.74, 6) is 0. The molecule has 0 spiro atoms. The van der Waals surface area contributed by atoms with E-state index in [0.717, 1.165) is 5.56 Å². The number of halogens is 1. The lowest BCUT2D eigenvalue weighted by Crippen LogP contribution is -2.02. The highest BCUT2D eigenvalue weighted by molar-refractivity contribution is 6.30. The van der Waals surface area contributed by atoms with Crippen molar-refractivity contribution in [1.82, 2.24) is 0 Å². The zero-order chi connectivity index (χ0) is 10.6. The first-order chi connectivity index (χ1) is 6.61. The molecule has 14 heavy (non-hydrogen) atoms. The lowest BCUT2D eigenvalue weighted by Gasteiger charge is -2.07. The van der Waals surface area contributed by atoms with Crippen LogP contribution in [0.1, 0.15) is 25.0 Å². The number of nitriles is 1. The van der Waals surface area contributed by atoms with Crippen LogP contribution in [-0.4, -0.2) is 6.10 Å². The van der Waals surface area contributed by atoms with Crippen LogP contribution in [0, 0.1) is 11.3 Å².